The number of nitrogens with one attached hydrogen (secondary N) is 3. The number of methoxy groups -OCH3 is 1. The third-order valence-corrected chi connectivity index (χ3v) is 7.21. The van der Waals surface area contributed by atoms with Gasteiger partial charge in [0.2, 0.25) is 5.91 Å². The van der Waals surface area contributed by atoms with Crippen LogP contribution in [0, 0.1) is 0 Å². The van der Waals surface area contributed by atoms with Crippen LogP contribution < -0.4 is 15.4 Å². The maximum absolute atomic E-state index is 13.9. The minimum atomic E-state index is -1.01. The van der Waals surface area contributed by atoms with Crippen LogP contribution in [0.5, 0.6) is 5.75 Å². The number of carbonyl (C=O) groups excluding carboxylic acids is 3. The summed E-state index contributed by atoms with van der Waals surface area (Å²) in [5.74, 6) is -0.126. The second-order valence-corrected chi connectivity index (χ2v) is 10.2. The number of carbonyl (C=O) groups is 3. The van der Waals surface area contributed by atoms with Crippen molar-refractivity contribution >= 4 is 28.7 Å². The summed E-state index contributed by atoms with van der Waals surface area (Å²) in [4.78, 5) is 43.7. The Morgan fingerprint density at radius 2 is 1.37 bits per heavy atom. The van der Waals surface area contributed by atoms with Crippen molar-refractivity contribution < 1.29 is 23.9 Å². The fourth-order valence-corrected chi connectivity index (χ4v) is 4.92. The molecule has 0 saturated heterocycles. The Balaban J connectivity index is 1.38. The number of ether oxygens (including phenoxy) is 2. The number of aromatic amines is 1. The molecule has 0 radical (unpaired) electrons. The van der Waals surface area contributed by atoms with E-state index in [1.165, 1.54) is 0 Å². The van der Waals surface area contributed by atoms with Gasteiger partial charge in [-0.05, 0) is 47.0 Å². The zero-order valence-electron chi connectivity index (χ0n) is 23.8. The third-order valence-electron chi connectivity index (χ3n) is 7.21. The second-order valence-electron chi connectivity index (χ2n) is 10.2. The molecule has 2 atom stereocenters. The van der Waals surface area contributed by atoms with E-state index in [0.717, 1.165) is 27.6 Å². The first-order chi connectivity index (χ1) is 21.0. The number of para-hydroxylation sites is 1. The molecule has 1 heterocycles. The third kappa shape index (κ3) is 7.68. The van der Waals surface area contributed by atoms with Gasteiger partial charge in [0.25, 0.3) is 0 Å². The zero-order valence-corrected chi connectivity index (χ0v) is 23.8. The number of hydrogen-bond acceptors (Lipinski definition) is 5. The molecular weight excluding hydrogens is 542 g/mol. The second kappa shape index (κ2) is 14.0. The van der Waals surface area contributed by atoms with E-state index in [-0.39, 0.29) is 25.2 Å². The number of rotatable bonds is 12. The quantitative estimate of drug-likeness (QED) is 0.167. The van der Waals surface area contributed by atoms with E-state index in [9.17, 15) is 14.4 Å². The molecule has 218 valence electrons. The smallest absolute Gasteiger partial charge is 0.408 e. The Hall–Kier alpha value is -5.37. The molecule has 8 nitrogen and oxygen atoms in total. The SMILES string of the molecule is COc1ccc(C(=O)[C@H](Cc2ccccc2)NC(=O)[C@H](Cc2c[nH]c3ccccc23)NC(=O)OCc2ccccc2)cc1. The van der Waals surface area contributed by atoms with E-state index in [1.807, 2.05) is 91.1 Å². The number of fused-ring (bicyclic) bond motifs is 1. The number of hydrogen-bond donors (Lipinski definition) is 3. The molecule has 43 heavy (non-hydrogen) atoms. The summed E-state index contributed by atoms with van der Waals surface area (Å²) in [6.45, 7) is 0.0562. The zero-order chi connectivity index (χ0) is 30.0. The molecule has 1 aromatic heterocycles. The highest BCUT2D eigenvalue weighted by atomic mass is 16.5. The van der Waals surface area contributed by atoms with Gasteiger partial charge in [-0.3, -0.25) is 9.59 Å². The monoisotopic (exact) mass is 575 g/mol. The molecule has 5 rings (SSSR count). The van der Waals surface area contributed by atoms with Gasteiger partial charge in [0.05, 0.1) is 13.2 Å². The Kier molecular flexibility index (Phi) is 9.49. The standard InChI is InChI=1S/C35H33N3O5/c1-42-28-18-16-26(17-19-28)33(39)31(20-24-10-4-2-5-11-24)37-34(40)32(21-27-22-36-30-15-9-8-14-29(27)30)38-35(41)43-23-25-12-6-3-7-13-25/h2-19,22,31-32,36H,20-21,23H2,1H3,(H,37,40)(H,38,41)/t31-,32-/m0/s1. The molecule has 0 bridgehead atoms. The lowest BCUT2D eigenvalue weighted by Crippen LogP contribution is -2.53. The summed E-state index contributed by atoms with van der Waals surface area (Å²) in [7, 11) is 1.56. The van der Waals surface area contributed by atoms with Crippen LogP contribution in [0.2, 0.25) is 0 Å². The Bertz CT molecular complexity index is 1670. The molecule has 0 fully saturated rings. The van der Waals surface area contributed by atoms with Gasteiger partial charge in [-0.25, -0.2) is 4.79 Å². The average molecular weight is 576 g/mol. The summed E-state index contributed by atoms with van der Waals surface area (Å²) < 4.78 is 10.7. The minimum absolute atomic E-state index is 0.0562. The molecule has 2 amide bonds. The van der Waals surface area contributed by atoms with Crippen LogP contribution in [-0.2, 0) is 29.0 Å². The molecule has 0 aliphatic rings. The molecule has 0 aliphatic heterocycles. The molecule has 3 N–H and O–H groups in total. The fourth-order valence-electron chi connectivity index (χ4n) is 4.92. The summed E-state index contributed by atoms with van der Waals surface area (Å²) in [5, 5.41) is 6.61. The topological polar surface area (TPSA) is 110 Å². The van der Waals surface area contributed by atoms with E-state index in [1.54, 1.807) is 31.4 Å². The van der Waals surface area contributed by atoms with Crippen molar-refractivity contribution in [2.24, 2.45) is 0 Å². The van der Waals surface area contributed by atoms with Gasteiger partial charge in [-0.2, -0.15) is 0 Å². The molecule has 0 unspecified atom stereocenters. The van der Waals surface area contributed by atoms with Gasteiger partial charge in [-0.1, -0.05) is 78.9 Å². The van der Waals surface area contributed by atoms with Crippen LogP contribution in [0.4, 0.5) is 4.79 Å². The van der Waals surface area contributed by atoms with Gasteiger partial charge in [0.1, 0.15) is 18.4 Å². The minimum Gasteiger partial charge on any atom is -0.497 e. The number of alkyl carbamates (subject to hydrolysis) is 1. The number of Topliss-reactive ketones (excluding diaryl/α,β-unsaturated/α-hetero) is 1. The van der Waals surface area contributed by atoms with Crippen LogP contribution in [0.25, 0.3) is 10.9 Å². The first-order valence-corrected chi connectivity index (χ1v) is 14.0. The summed E-state index contributed by atoms with van der Waals surface area (Å²) in [5.41, 5.74) is 3.91. The Morgan fingerprint density at radius 1 is 0.721 bits per heavy atom. The van der Waals surface area contributed by atoms with Crippen LogP contribution >= 0.6 is 0 Å². The predicted octanol–water partition coefficient (Wildman–Crippen LogP) is 5.62. The first-order valence-electron chi connectivity index (χ1n) is 14.0. The van der Waals surface area contributed by atoms with Crippen LogP contribution in [0.15, 0.2) is 115 Å². The molecular formula is C35H33N3O5. The first kappa shape index (κ1) is 29.1. The fraction of sp³-hybridized carbons (Fsp3) is 0.171. The van der Waals surface area contributed by atoms with Gasteiger partial charge < -0.3 is 25.1 Å². The number of benzene rings is 4. The Morgan fingerprint density at radius 3 is 2.07 bits per heavy atom. The highest BCUT2D eigenvalue weighted by Crippen LogP contribution is 2.20. The largest absolute Gasteiger partial charge is 0.497 e. The van der Waals surface area contributed by atoms with E-state index >= 15 is 0 Å². The maximum atomic E-state index is 13.9. The lowest BCUT2D eigenvalue weighted by Gasteiger charge is -2.23. The highest BCUT2D eigenvalue weighted by Gasteiger charge is 2.29. The molecule has 0 saturated carbocycles. The van der Waals surface area contributed by atoms with Gasteiger partial charge >= 0.3 is 6.09 Å². The number of H-pyrrole nitrogens is 1. The van der Waals surface area contributed by atoms with Gasteiger partial charge in [0.15, 0.2) is 5.78 Å². The van der Waals surface area contributed by atoms with E-state index in [0.29, 0.717) is 11.3 Å². The molecule has 5 aromatic rings. The van der Waals surface area contributed by atoms with Crippen LogP contribution in [0.1, 0.15) is 27.0 Å². The number of aromatic nitrogens is 1. The molecule has 4 aromatic carbocycles. The number of ketones is 1. The normalized spacial score (nSPS) is 12.2. The molecule has 0 spiro atoms. The lowest BCUT2D eigenvalue weighted by molar-refractivity contribution is -0.123. The van der Waals surface area contributed by atoms with Crippen molar-refractivity contribution in [1.82, 2.24) is 15.6 Å². The summed E-state index contributed by atoms with van der Waals surface area (Å²) >= 11 is 0. The predicted molar refractivity (Wildman–Crippen MR) is 165 cm³/mol. The summed E-state index contributed by atoms with van der Waals surface area (Å²) in [6, 6.07) is 31.4. The van der Waals surface area contributed by atoms with Crippen molar-refractivity contribution in [2.75, 3.05) is 7.11 Å². The van der Waals surface area contributed by atoms with Crippen molar-refractivity contribution in [1.29, 1.82) is 0 Å². The van der Waals surface area contributed by atoms with Crippen molar-refractivity contribution in [3.63, 3.8) is 0 Å². The van der Waals surface area contributed by atoms with Crippen LogP contribution in [0.3, 0.4) is 0 Å². The van der Waals surface area contributed by atoms with E-state index in [4.69, 9.17) is 9.47 Å². The Labute approximate surface area is 250 Å². The van der Waals surface area contributed by atoms with Crippen molar-refractivity contribution in [3.05, 3.63) is 138 Å². The van der Waals surface area contributed by atoms with Gasteiger partial charge in [-0.15, -0.1) is 0 Å². The van der Waals surface area contributed by atoms with E-state index in [2.05, 4.69) is 15.6 Å². The highest BCUT2D eigenvalue weighted by molar-refractivity contribution is 6.03. The maximum Gasteiger partial charge on any atom is 0.408 e. The van der Waals surface area contributed by atoms with Crippen molar-refractivity contribution in [2.45, 2.75) is 31.5 Å². The van der Waals surface area contributed by atoms with Gasteiger partial charge in [0, 0.05) is 35.5 Å². The molecule has 0 aliphatic carbocycles. The average Bonchev–Trinajstić information content (AvgIpc) is 3.46. The van der Waals surface area contributed by atoms with E-state index < -0.39 is 24.1 Å². The summed E-state index contributed by atoms with van der Waals surface area (Å²) in [6.07, 6.45) is 1.55. The van der Waals surface area contributed by atoms with Crippen molar-refractivity contribution in [3.8, 4) is 5.75 Å². The lowest BCUT2D eigenvalue weighted by atomic mass is 9.96. The van der Waals surface area contributed by atoms with Crippen LogP contribution in [-0.4, -0.2) is 42.0 Å². The number of amides is 2. The molecule has 8 heteroatoms.